The number of ether oxygens (including phenoxy) is 2. The maximum Gasteiger partial charge on any atom is 0.411 e. The van der Waals surface area contributed by atoms with Gasteiger partial charge in [-0.1, -0.05) is 0 Å². The molecule has 0 aromatic carbocycles. The third-order valence-electron chi connectivity index (χ3n) is 4.01. The molecular weight excluding hydrogens is 274 g/mol. The van der Waals surface area contributed by atoms with Crippen LogP contribution in [0.5, 0.6) is 0 Å². The van der Waals surface area contributed by atoms with Gasteiger partial charge in [-0.2, -0.15) is 0 Å². The van der Waals surface area contributed by atoms with E-state index in [0.29, 0.717) is 12.8 Å². The number of piperidine rings is 2. The van der Waals surface area contributed by atoms with Crippen molar-refractivity contribution in [3.05, 3.63) is 0 Å². The van der Waals surface area contributed by atoms with Crippen molar-refractivity contribution >= 4 is 17.8 Å². The van der Waals surface area contributed by atoms with Crippen molar-refractivity contribution in [2.75, 3.05) is 7.11 Å². The number of nitrogens with zero attached hydrogens (tertiary/aromatic N) is 1. The van der Waals surface area contributed by atoms with Gasteiger partial charge < -0.3 is 9.47 Å². The number of carbonyl (C=O) groups excluding carboxylic acids is 3. The van der Waals surface area contributed by atoms with Gasteiger partial charge in [-0.25, -0.2) is 4.79 Å². The quantitative estimate of drug-likeness (QED) is 0.546. The smallest absolute Gasteiger partial charge is 0.411 e. The van der Waals surface area contributed by atoms with Gasteiger partial charge in [0.15, 0.2) is 5.78 Å². The molecule has 0 aliphatic carbocycles. The van der Waals surface area contributed by atoms with Gasteiger partial charge in [-0.05, 0) is 46.5 Å². The highest BCUT2D eigenvalue weighted by Gasteiger charge is 2.50. The van der Waals surface area contributed by atoms with E-state index < -0.39 is 29.6 Å². The molecule has 0 aromatic rings. The Morgan fingerprint density at radius 1 is 1.24 bits per heavy atom. The minimum Gasteiger partial charge on any atom is -0.468 e. The molecule has 0 saturated carbocycles. The van der Waals surface area contributed by atoms with Crippen LogP contribution in [0.25, 0.3) is 0 Å². The fourth-order valence-corrected chi connectivity index (χ4v) is 3.16. The fraction of sp³-hybridized carbons (Fsp3) is 0.800. The summed E-state index contributed by atoms with van der Waals surface area (Å²) in [5, 5.41) is 0. The van der Waals surface area contributed by atoms with Crippen molar-refractivity contribution < 1.29 is 23.9 Å². The van der Waals surface area contributed by atoms with Crippen LogP contribution in [-0.4, -0.2) is 47.5 Å². The van der Waals surface area contributed by atoms with Gasteiger partial charge in [-0.15, -0.1) is 0 Å². The SMILES string of the molecule is COC(=O)C1CC2CCCC(C1=O)N2C(=O)OC(C)(C)C. The summed E-state index contributed by atoms with van der Waals surface area (Å²) < 4.78 is 10.1. The van der Waals surface area contributed by atoms with Crippen LogP contribution in [0.3, 0.4) is 0 Å². The summed E-state index contributed by atoms with van der Waals surface area (Å²) >= 11 is 0. The van der Waals surface area contributed by atoms with Gasteiger partial charge in [-0.3, -0.25) is 14.5 Å². The highest BCUT2D eigenvalue weighted by Crippen LogP contribution is 2.36. The summed E-state index contributed by atoms with van der Waals surface area (Å²) in [5.41, 5.74) is -0.604. The number of hydrogen-bond acceptors (Lipinski definition) is 5. The molecule has 1 amide bonds. The zero-order valence-corrected chi connectivity index (χ0v) is 13.0. The Labute approximate surface area is 124 Å². The number of hydrogen-bond donors (Lipinski definition) is 0. The molecule has 0 radical (unpaired) electrons. The maximum absolute atomic E-state index is 12.5. The van der Waals surface area contributed by atoms with E-state index in [1.165, 1.54) is 12.0 Å². The molecular formula is C15H23NO5. The predicted octanol–water partition coefficient (Wildman–Crippen LogP) is 1.91. The molecule has 2 aliphatic rings. The first-order chi connectivity index (χ1) is 9.74. The van der Waals surface area contributed by atoms with Gasteiger partial charge in [0.2, 0.25) is 0 Å². The second-order valence-electron chi connectivity index (χ2n) is 6.70. The van der Waals surface area contributed by atoms with Crippen molar-refractivity contribution in [1.29, 1.82) is 0 Å². The first-order valence-corrected chi connectivity index (χ1v) is 7.37. The van der Waals surface area contributed by atoms with Crippen LogP contribution in [-0.2, 0) is 19.1 Å². The largest absolute Gasteiger partial charge is 0.468 e. The second-order valence-corrected chi connectivity index (χ2v) is 6.70. The van der Waals surface area contributed by atoms with Crippen molar-refractivity contribution in [3.63, 3.8) is 0 Å². The summed E-state index contributed by atoms with van der Waals surface area (Å²) in [7, 11) is 1.28. The van der Waals surface area contributed by atoms with Crippen molar-refractivity contribution in [2.45, 2.75) is 64.1 Å². The van der Waals surface area contributed by atoms with Crippen LogP contribution < -0.4 is 0 Å². The number of methoxy groups -OCH3 is 1. The monoisotopic (exact) mass is 297 g/mol. The molecule has 0 spiro atoms. The molecule has 0 aromatic heterocycles. The van der Waals surface area contributed by atoms with E-state index in [4.69, 9.17) is 9.47 Å². The van der Waals surface area contributed by atoms with Gasteiger partial charge in [0.05, 0.1) is 13.2 Å². The summed E-state index contributed by atoms with van der Waals surface area (Å²) in [6.07, 6.45) is 2.13. The highest BCUT2D eigenvalue weighted by molar-refractivity contribution is 6.03. The Morgan fingerprint density at radius 3 is 2.48 bits per heavy atom. The number of fused-ring (bicyclic) bond motifs is 2. The topological polar surface area (TPSA) is 72.9 Å². The molecule has 2 aliphatic heterocycles. The van der Waals surface area contributed by atoms with Gasteiger partial charge in [0, 0.05) is 6.04 Å². The fourth-order valence-electron chi connectivity index (χ4n) is 3.16. The molecule has 2 rings (SSSR count). The lowest BCUT2D eigenvalue weighted by atomic mass is 9.77. The molecule has 2 heterocycles. The molecule has 0 N–H and O–H groups in total. The summed E-state index contributed by atoms with van der Waals surface area (Å²) in [4.78, 5) is 38.1. The summed E-state index contributed by atoms with van der Waals surface area (Å²) in [6.45, 7) is 5.39. The molecule has 2 fully saturated rings. The Hall–Kier alpha value is -1.59. The van der Waals surface area contributed by atoms with Crippen LogP contribution in [0.1, 0.15) is 46.5 Å². The van der Waals surface area contributed by atoms with Crippen LogP contribution in [0.15, 0.2) is 0 Å². The lowest BCUT2D eigenvalue weighted by Crippen LogP contribution is -2.61. The highest BCUT2D eigenvalue weighted by atomic mass is 16.6. The minimum atomic E-state index is -0.746. The van der Waals surface area contributed by atoms with Crippen LogP contribution in [0, 0.1) is 5.92 Å². The van der Waals surface area contributed by atoms with Crippen LogP contribution >= 0.6 is 0 Å². The minimum absolute atomic E-state index is 0.125. The predicted molar refractivity (Wildman–Crippen MR) is 74.6 cm³/mol. The molecule has 6 nitrogen and oxygen atoms in total. The Kier molecular flexibility index (Phi) is 4.25. The third-order valence-corrected chi connectivity index (χ3v) is 4.01. The molecule has 6 heteroatoms. The van der Waals surface area contributed by atoms with Crippen molar-refractivity contribution in [2.24, 2.45) is 5.92 Å². The Bertz CT molecular complexity index is 453. The summed E-state index contributed by atoms with van der Waals surface area (Å²) in [6, 6.07) is -0.683. The molecule has 21 heavy (non-hydrogen) atoms. The first kappa shape index (κ1) is 15.8. The number of Topliss-reactive ketones (excluding diaryl/α,β-unsaturated/α-hetero) is 1. The zero-order chi connectivity index (χ0) is 15.8. The van der Waals surface area contributed by atoms with E-state index in [2.05, 4.69) is 0 Å². The normalized spacial score (nSPS) is 29.0. The molecule has 118 valence electrons. The average molecular weight is 297 g/mol. The molecule has 2 bridgehead atoms. The molecule has 3 atom stereocenters. The number of amides is 1. The third kappa shape index (κ3) is 3.19. The lowest BCUT2D eigenvalue weighted by Gasteiger charge is -2.46. The van der Waals surface area contributed by atoms with Gasteiger partial charge >= 0.3 is 12.1 Å². The van der Waals surface area contributed by atoms with E-state index in [9.17, 15) is 14.4 Å². The number of carbonyl (C=O) groups is 3. The maximum atomic E-state index is 12.5. The average Bonchev–Trinajstić information content (AvgIpc) is 2.39. The van der Waals surface area contributed by atoms with Crippen LogP contribution in [0.2, 0.25) is 0 Å². The standard InChI is InChI=1S/C15H23NO5/c1-15(2,3)21-14(19)16-9-6-5-7-11(16)12(17)10(8-9)13(18)20-4/h9-11H,5-8H2,1-4H3. The second kappa shape index (κ2) is 5.66. The zero-order valence-electron chi connectivity index (χ0n) is 13.0. The number of esters is 1. The number of ketones is 1. The van der Waals surface area contributed by atoms with Crippen LogP contribution in [0.4, 0.5) is 4.79 Å². The Morgan fingerprint density at radius 2 is 1.90 bits per heavy atom. The van der Waals surface area contributed by atoms with E-state index in [1.807, 2.05) is 0 Å². The first-order valence-electron chi connectivity index (χ1n) is 7.37. The van der Waals surface area contributed by atoms with Crippen molar-refractivity contribution in [1.82, 2.24) is 4.90 Å². The Balaban J connectivity index is 2.20. The molecule has 3 unspecified atom stereocenters. The van der Waals surface area contributed by atoms with E-state index in [1.54, 1.807) is 20.8 Å². The summed E-state index contributed by atoms with van der Waals surface area (Å²) in [5.74, 6) is -1.46. The van der Waals surface area contributed by atoms with E-state index in [-0.39, 0.29) is 11.8 Å². The van der Waals surface area contributed by atoms with E-state index in [0.717, 1.165) is 12.8 Å². The van der Waals surface area contributed by atoms with Gasteiger partial charge in [0.25, 0.3) is 0 Å². The lowest BCUT2D eigenvalue weighted by molar-refractivity contribution is -0.156. The van der Waals surface area contributed by atoms with Gasteiger partial charge in [0.1, 0.15) is 11.5 Å². The van der Waals surface area contributed by atoms with Crippen molar-refractivity contribution in [3.8, 4) is 0 Å². The molecule has 2 saturated heterocycles. The number of rotatable bonds is 1. The van der Waals surface area contributed by atoms with E-state index >= 15 is 0 Å².